The lowest BCUT2D eigenvalue weighted by atomic mass is 9.63. The van der Waals surface area contributed by atoms with Crippen molar-refractivity contribution in [1.82, 2.24) is 9.97 Å². The van der Waals surface area contributed by atoms with E-state index in [0.717, 1.165) is 43.1 Å². The Morgan fingerprint density at radius 2 is 2.16 bits per heavy atom. The van der Waals surface area contributed by atoms with Crippen LogP contribution in [0.2, 0.25) is 0 Å². The molecule has 1 aliphatic heterocycles. The second-order valence-corrected chi connectivity index (χ2v) is 5.90. The Morgan fingerprint density at radius 1 is 1.42 bits per heavy atom. The molecule has 1 N–H and O–H groups in total. The van der Waals surface area contributed by atoms with Gasteiger partial charge in [-0.25, -0.2) is 9.97 Å². The number of carbonyl (C=O) groups is 1. The van der Waals surface area contributed by atoms with Crippen LogP contribution in [0.3, 0.4) is 0 Å². The first-order chi connectivity index (χ1) is 9.00. The van der Waals surface area contributed by atoms with Crippen molar-refractivity contribution in [3.05, 3.63) is 17.6 Å². The van der Waals surface area contributed by atoms with Crippen LogP contribution in [0.25, 0.3) is 0 Å². The quantitative estimate of drug-likeness (QED) is 0.879. The molecular weight excluding hydrogens is 242 g/mol. The third-order valence-electron chi connectivity index (χ3n) is 4.57. The predicted octanol–water partition coefficient (Wildman–Crippen LogP) is 1.78. The van der Waals surface area contributed by atoms with Gasteiger partial charge in [-0.05, 0) is 26.7 Å². The summed E-state index contributed by atoms with van der Waals surface area (Å²) < 4.78 is 0. The van der Waals surface area contributed by atoms with Gasteiger partial charge in [0.25, 0.3) is 0 Å². The van der Waals surface area contributed by atoms with Gasteiger partial charge in [-0.15, -0.1) is 0 Å². The highest BCUT2D eigenvalue weighted by atomic mass is 16.4. The highest BCUT2D eigenvalue weighted by Gasteiger charge is 2.53. The molecule has 2 fully saturated rings. The second kappa shape index (κ2) is 4.18. The number of hydrogen-bond donors (Lipinski definition) is 1. The first-order valence-corrected chi connectivity index (χ1v) is 6.80. The first kappa shape index (κ1) is 12.4. The maximum atomic E-state index is 11.5. The van der Waals surface area contributed by atoms with Gasteiger partial charge in [0, 0.05) is 30.3 Å². The summed E-state index contributed by atoms with van der Waals surface area (Å²) in [4.78, 5) is 22.3. The Kier molecular flexibility index (Phi) is 2.73. The monoisotopic (exact) mass is 261 g/mol. The van der Waals surface area contributed by atoms with Crippen molar-refractivity contribution in [3.8, 4) is 0 Å². The minimum absolute atomic E-state index is 0.0153. The molecule has 1 spiro atoms. The van der Waals surface area contributed by atoms with Crippen LogP contribution in [-0.4, -0.2) is 34.1 Å². The van der Waals surface area contributed by atoms with E-state index in [1.54, 1.807) is 0 Å². The number of nitrogens with zero attached hydrogens (tertiary/aromatic N) is 3. The van der Waals surface area contributed by atoms with Crippen molar-refractivity contribution in [2.24, 2.45) is 11.3 Å². The second-order valence-electron chi connectivity index (χ2n) is 5.90. The maximum Gasteiger partial charge on any atom is 0.308 e. The molecule has 2 heterocycles. The van der Waals surface area contributed by atoms with E-state index in [9.17, 15) is 9.90 Å². The normalized spacial score (nSPS) is 24.5. The summed E-state index contributed by atoms with van der Waals surface area (Å²) in [5.41, 5.74) is 0.919. The van der Waals surface area contributed by atoms with Crippen molar-refractivity contribution >= 4 is 11.8 Å². The molecule has 0 unspecified atom stereocenters. The van der Waals surface area contributed by atoms with Crippen LogP contribution in [0, 0.1) is 25.2 Å². The minimum atomic E-state index is -0.662. The van der Waals surface area contributed by atoms with E-state index in [1.165, 1.54) is 0 Å². The lowest BCUT2D eigenvalue weighted by Gasteiger charge is -2.41. The van der Waals surface area contributed by atoms with E-state index in [-0.39, 0.29) is 11.3 Å². The van der Waals surface area contributed by atoms with Gasteiger partial charge < -0.3 is 10.0 Å². The minimum Gasteiger partial charge on any atom is -0.481 e. The number of carboxylic acid groups (broad SMARTS) is 1. The van der Waals surface area contributed by atoms with E-state index >= 15 is 0 Å². The maximum absolute atomic E-state index is 11.5. The molecule has 1 atom stereocenters. The fraction of sp³-hybridized carbons (Fsp3) is 0.643. The molecule has 5 nitrogen and oxygen atoms in total. The molecule has 102 valence electrons. The summed E-state index contributed by atoms with van der Waals surface area (Å²) in [5.74, 6) is 0.706. The van der Waals surface area contributed by atoms with E-state index in [4.69, 9.17) is 0 Å². The van der Waals surface area contributed by atoms with Gasteiger partial charge in [-0.3, -0.25) is 4.79 Å². The number of anilines is 1. The molecule has 1 saturated heterocycles. The van der Waals surface area contributed by atoms with Crippen LogP contribution < -0.4 is 4.90 Å². The average Bonchev–Trinajstić information content (AvgIpc) is 2.67. The molecule has 0 radical (unpaired) electrons. The zero-order valence-electron chi connectivity index (χ0n) is 11.4. The highest BCUT2D eigenvalue weighted by Crippen LogP contribution is 2.52. The number of aromatic nitrogens is 2. The Hall–Kier alpha value is -1.65. The predicted molar refractivity (Wildman–Crippen MR) is 71.1 cm³/mol. The molecule has 0 aromatic carbocycles. The smallest absolute Gasteiger partial charge is 0.308 e. The Morgan fingerprint density at radius 3 is 2.63 bits per heavy atom. The van der Waals surface area contributed by atoms with Gasteiger partial charge >= 0.3 is 5.97 Å². The number of carboxylic acids is 1. The van der Waals surface area contributed by atoms with Crippen molar-refractivity contribution in [1.29, 1.82) is 0 Å². The molecule has 19 heavy (non-hydrogen) atoms. The van der Waals surface area contributed by atoms with Gasteiger partial charge in [0.05, 0.1) is 5.92 Å². The third-order valence-corrected chi connectivity index (χ3v) is 4.57. The van der Waals surface area contributed by atoms with E-state index in [2.05, 4.69) is 14.9 Å². The van der Waals surface area contributed by atoms with Gasteiger partial charge in [0.2, 0.25) is 0 Å². The van der Waals surface area contributed by atoms with Crippen LogP contribution in [-0.2, 0) is 4.79 Å². The number of rotatable bonds is 2. The summed E-state index contributed by atoms with van der Waals surface area (Å²) in [6.07, 6.45) is 3.21. The molecule has 1 aromatic rings. The van der Waals surface area contributed by atoms with Gasteiger partial charge in [0.1, 0.15) is 11.6 Å². The fourth-order valence-corrected chi connectivity index (χ4v) is 3.48. The summed E-state index contributed by atoms with van der Waals surface area (Å²) in [6.45, 7) is 5.22. The van der Waals surface area contributed by atoms with E-state index in [0.29, 0.717) is 6.54 Å². The summed E-state index contributed by atoms with van der Waals surface area (Å²) in [5, 5.41) is 9.43. The first-order valence-electron chi connectivity index (χ1n) is 6.80. The number of aliphatic carboxylic acids is 1. The van der Waals surface area contributed by atoms with Crippen LogP contribution in [0.15, 0.2) is 6.07 Å². The van der Waals surface area contributed by atoms with Crippen LogP contribution in [0.4, 0.5) is 5.82 Å². The van der Waals surface area contributed by atoms with Crippen molar-refractivity contribution in [2.75, 3.05) is 18.0 Å². The van der Waals surface area contributed by atoms with Crippen LogP contribution >= 0.6 is 0 Å². The van der Waals surface area contributed by atoms with Crippen LogP contribution in [0.1, 0.15) is 30.8 Å². The molecule has 5 heteroatoms. The lowest BCUT2D eigenvalue weighted by Crippen LogP contribution is -2.40. The third kappa shape index (κ3) is 1.97. The van der Waals surface area contributed by atoms with Gasteiger partial charge in [0.15, 0.2) is 0 Å². The summed E-state index contributed by atoms with van der Waals surface area (Å²) >= 11 is 0. The molecular formula is C14H19N3O2. The Balaban J connectivity index is 1.89. The Bertz CT molecular complexity index is 505. The zero-order valence-corrected chi connectivity index (χ0v) is 11.4. The zero-order chi connectivity index (χ0) is 13.6. The summed E-state index contributed by atoms with van der Waals surface area (Å²) in [7, 11) is 0. The van der Waals surface area contributed by atoms with E-state index in [1.807, 2.05) is 19.9 Å². The standard InChI is InChI=1S/C14H19N3O2/c1-9-6-12(16-10(2)15-9)17-7-11(13(18)19)14(8-17)4-3-5-14/h6,11H,3-5,7-8H2,1-2H3,(H,18,19)/t11-/m0/s1. The average molecular weight is 261 g/mol. The van der Waals surface area contributed by atoms with Crippen molar-refractivity contribution in [3.63, 3.8) is 0 Å². The molecule has 1 aromatic heterocycles. The topological polar surface area (TPSA) is 66.3 Å². The number of aryl methyl sites for hydroxylation is 2. The SMILES string of the molecule is Cc1cc(N2C[C@@H](C(=O)O)C3(CCC3)C2)nc(C)n1. The molecule has 1 aliphatic carbocycles. The largest absolute Gasteiger partial charge is 0.481 e. The lowest BCUT2D eigenvalue weighted by molar-refractivity contribution is -0.146. The Labute approximate surface area is 112 Å². The number of hydrogen-bond acceptors (Lipinski definition) is 4. The van der Waals surface area contributed by atoms with E-state index < -0.39 is 5.97 Å². The van der Waals surface area contributed by atoms with Crippen molar-refractivity contribution < 1.29 is 9.90 Å². The molecule has 3 rings (SSSR count). The molecule has 0 bridgehead atoms. The molecule has 1 saturated carbocycles. The van der Waals surface area contributed by atoms with Crippen LogP contribution in [0.5, 0.6) is 0 Å². The molecule has 0 amide bonds. The van der Waals surface area contributed by atoms with Gasteiger partial charge in [-0.2, -0.15) is 0 Å². The fourth-order valence-electron chi connectivity index (χ4n) is 3.48. The van der Waals surface area contributed by atoms with Gasteiger partial charge in [-0.1, -0.05) is 6.42 Å². The van der Waals surface area contributed by atoms with Crippen molar-refractivity contribution in [2.45, 2.75) is 33.1 Å². The summed E-state index contributed by atoms with van der Waals surface area (Å²) in [6, 6.07) is 1.95. The molecule has 2 aliphatic rings. The highest BCUT2D eigenvalue weighted by molar-refractivity contribution is 5.73.